The minimum absolute atomic E-state index is 0.0954. The van der Waals surface area contributed by atoms with E-state index in [-0.39, 0.29) is 12.1 Å². The van der Waals surface area contributed by atoms with E-state index in [0.717, 1.165) is 52.1 Å². The van der Waals surface area contributed by atoms with Crippen LogP contribution in [0.25, 0.3) is 21.3 Å². The predicted octanol–water partition coefficient (Wildman–Crippen LogP) is 4.43. The number of methoxy groups -OCH3 is 2. The maximum absolute atomic E-state index is 10.2. The molecule has 31 heavy (non-hydrogen) atoms. The lowest BCUT2D eigenvalue weighted by molar-refractivity contribution is 0.116. The molecule has 2 aromatic heterocycles. The van der Waals surface area contributed by atoms with Gasteiger partial charge in [-0.25, -0.2) is 9.97 Å². The van der Waals surface area contributed by atoms with Crippen LogP contribution in [0.5, 0.6) is 11.5 Å². The Hall–Kier alpha value is -2.84. The summed E-state index contributed by atoms with van der Waals surface area (Å²) in [5, 5.41) is 14.6. The summed E-state index contributed by atoms with van der Waals surface area (Å²) in [5.41, 5.74) is 4.02. The summed E-state index contributed by atoms with van der Waals surface area (Å²) in [6, 6.07) is 10.3. The highest BCUT2D eigenvalue weighted by atomic mass is 32.1. The van der Waals surface area contributed by atoms with Gasteiger partial charge in [0.1, 0.15) is 0 Å². The van der Waals surface area contributed by atoms with Gasteiger partial charge in [0.05, 0.1) is 53.9 Å². The largest absolute Gasteiger partial charge is 0.493 e. The van der Waals surface area contributed by atoms with E-state index in [1.54, 1.807) is 25.6 Å². The third kappa shape index (κ3) is 3.93. The van der Waals surface area contributed by atoms with Gasteiger partial charge in [-0.3, -0.25) is 0 Å². The molecule has 0 unspecified atom stereocenters. The molecule has 2 atom stereocenters. The molecule has 1 aliphatic carbocycles. The Kier molecular flexibility index (Phi) is 5.41. The fraction of sp³-hybridized carbons (Fsp3) is 0.391. The zero-order valence-corrected chi connectivity index (χ0v) is 18.5. The molecule has 2 heterocycles. The van der Waals surface area contributed by atoms with Gasteiger partial charge in [-0.05, 0) is 30.5 Å². The number of aliphatic hydroxyl groups excluding tert-OH is 1. The summed E-state index contributed by atoms with van der Waals surface area (Å²) in [6.45, 7) is 0.698. The van der Waals surface area contributed by atoms with Crippen LogP contribution >= 0.6 is 11.3 Å². The van der Waals surface area contributed by atoms with Crippen molar-refractivity contribution in [1.82, 2.24) is 14.5 Å². The van der Waals surface area contributed by atoms with Crippen LogP contribution < -0.4 is 14.8 Å². The van der Waals surface area contributed by atoms with E-state index in [9.17, 15) is 5.11 Å². The van der Waals surface area contributed by atoms with Gasteiger partial charge in [0.25, 0.3) is 0 Å². The molecule has 0 saturated heterocycles. The number of imidazole rings is 1. The minimum Gasteiger partial charge on any atom is -0.493 e. The Morgan fingerprint density at radius 1 is 1.10 bits per heavy atom. The van der Waals surface area contributed by atoms with E-state index < -0.39 is 0 Å². The first-order valence-corrected chi connectivity index (χ1v) is 11.4. The maximum atomic E-state index is 10.2. The van der Waals surface area contributed by atoms with Crippen molar-refractivity contribution < 1.29 is 14.6 Å². The van der Waals surface area contributed by atoms with Crippen LogP contribution in [0.15, 0.2) is 36.7 Å². The molecule has 7 nitrogen and oxygen atoms in total. The molecule has 0 aliphatic heterocycles. The van der Waals surface area contributed by atoms with E-state index in [1.807, 2.05) is 18.5 Å². The van der Waals surface area contributed by atoms with Gasteiger partial charge in [-0.1, -0.05) is 30.2 Å². The lowest BCUT2D eigenvalue weighted by Gasteiger charge is -2.27. The molecule has 0 amide bonds. The van der Waals surface area contributed by atoms with Crippen molar-refractivity contribution in [2.45, 2.75) is 44.4 Å². The van der Waals surface area contributed by atoms with Gasteiger partial charge < -0.3 is 24.5 Å². The van der Waals surface area contributed by atoms with Crippen molar-refractivity contribution in [2.75, 3.05) is 19.5 Å². The molecule has 2 aromatic carbocycles. The second kappa shape index (κ2) is 8.36. The number of hydrogen-bond acceptors (Lipinski definition) is 7. The normalized spacial score (nSPS) is 19.1. The first kappa shape index (κ1) is 20.1. The SMILES string of the molecule is COc1cc2ncn(Cc3ccc4nc(N[C@@H]5CCCC[C@H]5O)sc4c3)c2cc1OC. The molecule has 1 aliphatic rings. The van der Waals surface area contributed by atoms with Crippen molar-refractivity contribution in [3.05, 3.63) is 42.2 Å². The van der Waals surface area contributed by atoms with Crippen molar-refractivity contribution in [3.63, 3.8) is 0 Å². The lowest BCUT2D eigenvalue weighted by atomic mass is 9.93. The molecule has 0 radical (unpaired) electrons. The quantitative estimate of drug-likeness (QED) is 0.464. The Bertz CT molecular complexity index is 1220. The minimum atomic E-state index is -0.290. The molecule has 5 rings (SSSR count). The number of rotatable bonds is 6. The van der Waals surface area contributed by atoms with Gasteiger partial charge in [-0.15, -0.1) is 0 Å². The van der Waals surface area contributed by atoms with Crippen LogP contribution in [0.1, 0.15) is 31.2 Å². The van der Waals surface area contributed by atoms with Crippen LogP contribution in [0.3, 0.4) is 0 Å². The maximum Gasteiger partial charge on any atom is 0.184 e. The van der Waals surface area contributed by atoms with Crippen LogP contribution in [-0.2, 0) is 6.54 Å². The van der Waals surface area contributed by atoms with E-state index in [1.165, 1.54) is 5.56 Å². The average Bonchev–Trinajstić information content (AvgIpc) is 3.37. The highest BCUT2D eigenvalue weighted by Crippen LogP contribution is 2.33. The summed E-state index contributed by atoms with van der Waals surface area (Å²) in [7, 11) is 3.27. The molecule has 1 fully saturated rings. The average molecular weight is 439 g/mol. The molecule has 162 valence electrons. The monoisotopic (exact) mass is 438 g/mol. The molecular formula is C23H26N4O3S. The van der Waals surface area contributed by atoms with Crippen molar-refractivity contribution in [2.24, 2.45) is 0 Å². The molecule has 1 saturated carbocycles. The van der Waals surface area contributed by atoms with Crippen LogP contribution in [-0.4, -0.2) is 46.0 Å². The number of fused-ring (bicyclic) bond motifs is 2. The summed E-state index contributed by atoms with van der Waals surface area (Å²) < 4.78 is 14.1. The summed E-state index contributed by atoms with van der Waals surface area (Å²) in [6.07, 6.45) is 5.66. The zero-order valence-electron chi connectivity index (χ0n) is 17.7. The summed E-state index contributed by atoms with van der Waals surface area (Å²) >= 11 is 1.64. The predicted molar refractivity (Wildman–Crippen MR) is 123 cm³/mol. The van der Waals surface area contributed by atoms with Gasteiger partial charge in [0.15, 0.2) is 16.6 Å². The Morgan fingerprint density at radius 2 is 1.90 bits per heavy atom. The van der Waals surface area contributed by atoms with Gasteiger partial charge in [-0.2, -0.15) is 0 Å². The lowest BCUT2D eigenvalue weighted by Crippen LogP contribution is -2.36. The number of ether oxygens (including phenoxy) is 2. The number of thiazole rings is 1. The van der Waals surface area contributed by atoms with Gasteiger partial charge >= 0.3 is 0 Å². The Balaban J connectivity index is 1.39. The van der Waals surface area contributed by atoms with Crippen molar-refractivity contribution in [1.29, 1.82) is 0 Å². The van der Waals surface area contributed by atoms with E-state index in [0.29, 0.717) is 18.0 Å². The van der Waals surface area contributed by atoms with Crippen molar-refractivity contribution >= 4 is 37.7 Å². The number of nitrogens with one attached hydrogen (secondary N) is 1. The second-order valence-corrected chi connectivity index (χ2v) is 9.02. The number of aliphatic hydroxyl groups is 1. The molecule has 4 aromatic rings. The molecule has 0 bridgehead atoms. The van der Waals surface area contributed by atoms with E-state index >= 15 is 0 Å². The molecule has 2 N–H and O–H groups in total. The highest BCUT2D eigenvalue weighted by Gasteiger charge is 2.23. The second-order valence-electron chi connectivity index (χ2n) is 7.99. The Labute approximate surface area is 184 Å². The van der Waals surface area contributed by atoms with Gasteiger partial charge in [0.2, 0.25) is 0 Å². The first-order valence-electron chi connectivity index (χ1n) is 10.6. The number of aromatic nitrogens is 3. The summed E-state index contributed by atoms with van der Waals surface area (Å²) in [5.74, 6) is 1.37. The Morgan fingerprint density at radius 3 is 2.71 bits per heavy atom. The molecule has 8 heteroatoms. The number of benzene rings is 2. The van der Waals surface area contributed by atoms with E-state index in [4.69, 9.17) is 14.5 Å². The zero-order chi connectivity index (χ0) is 21.4. The third-order valence-corrected chi connectivity index (χ3v) is 6.92. The topological polar surface area (TPSA) is 81.4 Å². The highest BCUT2D eigenvalue weighted by molar-refractivity contribution is 7.22. The molecular weight excluding hydrogens is 412 g/mol. The van der Waals surface area contributed by atoms with Crippen LogP contribution in [0.4, 0.5) is 5.13 Å². The number of nitrogens with zero attached hydrogens (tertiary/aromatic N) is 3. The smallest absolute Gasteiger partial charge is 0.184 e. The fourth-order valence-electron chi connectivity index (χ4n) is 4.28. The third-order valence-electron chi connectivity index (χ3n) is 5.97. The van der Waals surface area contributed by atoms with Crippen LogP contribution in [0, 0.1) is 0 Å². The fourth-order valence-corrected chi connectivity index (χ4v) is 5.27. The van der Waals surface area contributed by atoms with E-state index in [2.05, 4.69) is 33.1 Å². The molecule has 0 spiro atoms. The standard InChI is InChI=1S/C23H26N4O3S/c1-29-20-10-17-18(11-21(20)30-2)27(13-24-17)12-14-7-8-16-22(9-14)31-23(26-16)25-15-5-3-4-6-19(15)28/h7-11,13,15,19,28H,3-6,12H2,1-2H3,(H,25,26)/t15-,19-/m1/s1. The van der Waals surface area contributed by atoms with Gasteiger partial charge in [0, 0.05) is 18.7 Å². The van der Waals surface area contributed by atoms with Crippen molar-refractivity contribution in [3.8, 4) is 11.5 Å². The van der Waals surface area contributed by atoms with Crippen LogP contribution in [0.2, 0.25) is 0 Å². The first-order chi connectivity index (χ1) is 15.1. The summed E-state index contributed by atoms with van der Waals surface area (Å²) in [4.78, 5) is 9.24. The number of hydrogen-bond donors (Lipinski definition) is 2. The number of anilines is 1.